The van der Waals surface area contributed by atoms with Crippen LogP contribution in [0.1, 0.15) is 47.7 Å². The Morgan fingerprint density at radius 3 is 2.76 bits per heavy atom. The number of aryl methyl sites for hydroxylation is 1. The van der Waals surface area contributed by atoms with Crippen LogP contribution in [0.5, 0.6) is 0 Å². The van der Waals surface area contributed by atoms with Gasteiger partial charge < -0.3 is 15.7 Å². The molecule has 25 heavy (non-hydrogen) atoms. The van der Waals surface area contributed by atoms with Gasteiger partial charge >= 0.3 is 0 Å². The van der Waals surface area contributed by atoms with Crippen molar-refractivity contribution in [1.82, 2.24) is 9.97 Å². The van der Waals surface area contributed by atoms with Gasteiger partial charge in [-0.2, -0.15) is 0 Å². The van der Waals surface area contributed by atoms with E-state index in [0.29, 0.717) is 0 Å². The van der Waals surface area contributed by atoms with E-state index in [1.807, 2.05) is 6.07 Å². The van der Waals surface area contributed by atoms with Crippen LogP contribution in [0.4, 0.5) is 5.82 Å². The fourth-order valence-electron chi connectivity index (χ4n) is 5.21. The Labute approximate surface area is 147 Å². The van der Waals surface area contributed by atoms with Gasteiger partial charge in [0.2, 0.25) is 0 Å². The topological polar surface area (TPSA) is 75.3 Å². The molecule has 130 valence electrons. The van der Waals surface area contributed by atoms with Crippen LogP contribution < -0.4 is 10.6 Å². The van der Waals surface area contributed by atoms with Crippen molar-refractivity contribution in [1.29, 1.82) is 0 Å². The quantitative estimate of drug-likeness (QED) is 0.832. The van der Waals surface area contributed by atoms with Crippen LogP contribution in [-0.2, 0) is 18.3 Å². The molecular formula is C20H24N4O. The number of aromatic nitrogens is 2. The molecule has 1 aliphatic heterocycles. The van der Waals surface area contributed by atoms with Crippen LogP contribution >= 0.6 is 0 Å². The summed E-state index contributed by atoms with van der Waals surface area (Å²) in [5.74, 6) is 1.11. The van der Waals surface area contributed by atoms with E-state index in [2.05, 4.69) is 33.1 Å². The average molecular weight is 336 g/mol. The van der Waals surface area contributed by atoms with Gasteiger partial charge in [-0.1, -0.05) is 24.3 Å². The number of nitrogens with two attached hydrogens (primary N) is 1. The van der Waals surface area contributed by atoms with Crippen LogP contribution in [0.2, 0.25) is 0 Å². The third-order valence-electron chi connectivity index (χ3n) is 6.57. The number of piperidine rings is 1. The van der Waals surface area contributed by atoms with E-state index in [-0.39, 0.29) is 11.5 Å². The second-order valence-electron chi connectivity index (χ2n) is 7.68. The van der Waals surface area contributed by atoms with Crippen molar-refractivity contribution < 1.29 is 5.11 Å². The van der Waals surface area contributed by atoms with E-state index in [4.69, 9.17) is 5.73 Å². The lowest BCUT2D eigenvalue weighted by Crippen LogP contribution is -2.49. The van der Waals surface area contributed by atoms with Crippen molar-refractivity contribution in [3.8, 4) is 0 Å². The highest BCUT2D eigenvalue weighted by atomic mass is 16.3. The lowest BCUT2D eigenvalue weighted by molar-refractivity contribution is 0.0582. The first-order valence-corrected chi connectivity index (χ1v) is 9.31. The summed E-state index contributed by atoms with van der Waals surface area (Å²) in [6.45, 7) is 1.81. The molecule has 5 nitrogen and oxygen atoms in total. The molecule has 2 aliphatic carbocycles. The highest BCUT2D eigenvalue weighted by molar-refractivity contribution is 5.52. The molecule has 2 heterocycles. The van der Waals surface area contributed by atoms with E-state index in [1.54, 1.807) is 6.33 Å². The van der Waals surface area contributed by atoms with Crippen LogP contribution in [0.15, 0.2) is 30.6 Å². The number of anilines is 1. The van der Waals surface area contributed by atoms with Gasteiger partial charge in [-0.05, 0) is 43.2 Å². The van der Waals surface area contributed by atoms with Crippen LogP contribution in [0.25, 0.3) is 0 Å². The fraction of sp³-hybridized carbons (Fsp3) is 0.500. The van der Waals surface area contributed by atoms with Gasteiger partial charge in [0.05, 0.1) is 12.1 Å². The summed E-state index contributed by atoms with van der Waals surface area (Å²) >= 11 is 0. The Balaban J connectivity index is 1.45. The molecular weight excluding hydrogens is 312 g/mol. The van der Waals surface area contributed by atoms with E-state index < -0.39 is 6.10 Å². The molecule has 1 fully saturated rings. The lowest BCUT2D eigenvalue weighted by Gasteiger charge is -2.43. The van der Waals surface area contributed by atoms with Crippen molar-refractivity contribution in [3.05, 3.63) is 53.0 Å². The molecule has 0 radical (unpaired) electrons. The summed E-state index contributed by atoms with van der Waals surface area (Å²) < 4.78 is 0. The third-order valence-corrected chi connectivity index (χ3v) is 6.57. The van der Waals surface area contributed by atoms with Crippen LogP contribution in [0, 0.1) is 0 Å². The minimum atomic E-state index is -0.497. The van der Waals surface area contributed by atoms with Crippen molar-refractivity contribution in [2.24, 2.45) is 5.73 Å². The SMILES string of the molecule is N[C@@H]1c2ccccc2C2(CCN(c3ncnc4c3CCC4)CC2)[C@H]1O. The van der Waals surface area contributed by atoms with Crippen molar-refractivity contribution in [3.63, 3.8) is 0 Å². The van der Waals surface area contributed by atoms with Gasteiger partial charge in [-0.25, -0.2) is 9.97 Å². The highest BCUT2D eigenvalue weighted by Crippen LogP contribution is 2.50. The number of aliphatic hydroxyl groups is 1. The summed E-state index contributed by atoms with van der Waals surface area (Å²) in [4.78, 5) is 11.4. The Hall–Kier alpha value is -1.98. The largest absolute Gasteiger partial charge is 0.390 e. The Morgan fingerprint density at radius 1 is 1.12 bits per heavy atom. The molecule has 0 bridgehead atoms. The van der Waals surface area contributed by atoms with Gasteiger partial charge in [-0.3, -0.25) is 0 Å². The number of rotatable bonds is 1. The molecule has 0 saturated carbocycles. The lowest BCUT2D eigenvalue weighted by atomic mass is 9.72. The van der Waals surface area contributed by atoms with Gasteiger partial charge in [0.15, 0.2) is 0 Å². The second-order valence-corrected chi connectivity index (χ2v) is 7.68. The standard InChI is InChI=1S/C20H24N4O/c21-17-13-4-1-2-6-15(13)20(18(17)25)8-10-24(11-9-20)19-14-5-3-7-16(14)22-12-23-19/h1-2,4,6,12,17-18,25H,3,5,7-11,21H2/t17-,18+/m1/s1. The van der Waals surface area contributed by atoms with Gasteiger partial charge in [0, 0.05) is 29.8 Å². The van der Waals surface area contributed by atoms with E-state index in [9.17, 15) is 5.11 Å². The third kappa shape index (κ3) is 2.09. The zero-order valence-corrected chi connectivity index (χ0v) is 14.4. The fourth-order valence-corrected chi connectivity index (χ4v) is 5.21. The summed E-state index contributed by atoms with van der Waals surface area (Å²) in [6.07, 6.45) is 6.38. The summed E-state index contributed by atoms with van der Waals surface area (Å²) in [7, 11) is 0. The number of hydrogen-bond donors (Lipinski definition) is 2. The molecule has 1 spiro atoms. The zero-order chi connectivity index (χ0) is 17.0. The molecule has 2 atom stereocenters. The number of hydrogen-bond acceptors (Lipinski definition) is 5. The molecule has 1 saturated heterocycles. The van der Waals surface area contributed by atoms with E-state index in [1.165, 1.54) is 23.2 Å². The van der Waals surface area contributed by atoms with Crippen molar-refractivity contribution in [2.75, 3.05) is 18.0 Å². The first kappa shape index (κ1) is 15.3. The molecule has 2 aromatic rings. The molecule has 3 aliphatic rings. The number of benzene rings is 1. The molecule has 1 aromatic heterocycles. The molecule has 0 amide bonds. The molecule has 1 aromatic carbocycles. The maximum atomic E-state index is 10.9. The van der Waals surface area contributed by atoms with Crippen LogP contribution in [0.3, 0.4) is 0 Å². The summed E-state index contributed by atoms with van der Waals surface area (Å²) in [5, 5.41) is 10.9. The average Bonchev–Trinajstić information content (AvgIpc) is 3.22. The van der Waals surface area contributed by atoms with E-state index >= 15 is 0 Å². The Morgan fingerprint density at radius 2 is 1.92 bits per heavy atom. The molecule has 0 unspecified atom stereocenters. The van der Waals surface area contributed by atoms with E-state index in [0.717, 1.165) is 50.2 Å². The predicted octanol–water partition coefficient (Wildman–Crippen LogP) is 1.88. The summed E-state index contributed by atoms with van der Waals surface area (Å²) in [5.41, 5.74) is 11.1. The zero-order valence-electron chi connectivity index (χ0n) is 14.4. The first-order valence-electron chi connectivity index (χ1n) is 9.31. The highest BCUT2D eigenvalue weighted by Gasteiger charge is 2.51. The predicted molar refractivity (Wildman–Crippen MR) is 96.6 cm³/mol. The normalized spacial score (nSPS) is 26.7. The smallest absolute Gasteiger partial charge is 0.135 e. The second kappa shape index (κ2) is 5.51. The van der Waals surface area contributed by atoms with Crippen molar-refractivity contribution >= 4 is 5.82 Å². The summed E-state index contributed by atoms with van der Waals surface area (Å²) in [6, 6.07) is 8.04. The molecule has 3 N–H and O–H groups in total. The van der Waals surface area contributed by atoms with Crippen LogP contribution in [-0.4, -0.2) is 34.3 Å². The van der Waals surface area contributed by atoms with Gasteiger partial charge in [0.1, 0.15) is 12.1 Å². The van der Waals surface area contributed by atoms with Gasteiger partial charge in [-0.15, -0.1) is 0 Å². The maximum Gasteiger partial charge on any atom is 0.135 e. The Kier molecular flexibility index (Phi) is 3.37. The molecule has 5 heteroatoms. The van der Waals surface area contributed by atoms with Gasteiger partial charge in [0.25, 0.3) is 0 Å². The number of aliphatic hydroxyl groups excluding tert-OH is 1. The molecule has 5 rings (SSSR count). The first-order chi connectivity index (χ1) is 12.2. The number of nitrogens with zero attached hydrogens (tertiary/aromatic N) is 3. The minimum absolute atomic E-state index is 0.206. The minimum Gasteiger partial charge on any atom is -0.390 e. The monoisotopic (exact) mass is 336 g/mol. The van der Waals surface area contributed by atoms with Crippen molar-refractivity contribution in [2.45, 2.75) is 49.7 Å². The number of fused-ring (bicyclic) bond motifs is 3. The Bertz CT molecular complexity index is 813. The maximum absolute atomic E-state index is 10.9.